The zero-order valence-electron chi connectivity index (χ0n) is 9.65. The van der Waals surface area contributed by atoms with Crippen molar-refractivity contribution in [3.63, 3.8) is 0 Å². The highest BCUT2D eigenvalue weighted by atomic mass is 35.5. The predicted octanol–water partition coefficient (Wildman–Crippen LogP) is 3.73. The molecule has 0 fully saturated rings. The number of nitrogen functional groups attached to an aromatic ring is 1. The van der Waals surface area contributed by atoms with E-state index in [2.05, 4.69) is 9.97 Å². The highest BCUT2D eigenvalue weighted by Crippen LogP contribution is 2.33. The van der Waals surface area contributed by atoms with Gasteiger partial charge in [0.25, 0.3) is 0 Å². The van der Waals surface area contributed by atoms with Gasteiger partial charge in [0.2, 0.25) is 0 Å². The lowest BCUT2D eigenvalue weighted by Gasteiger charge is -2.08. The van der Waals surface area contributed by atoms with Gasteiger partial charge in [-0.05, 0) is 12.1 Å². The first-order valence-corrected chi connectivity index (χ1v) is 5.87. The molecule has 19 heavy (non-hydrogen) atoms. The molecule has 96 valence electrons. The third-order valence-electron chi connectivity index (χ3n) is 2.70. The predicted molar refractivity (Wildman–Crippen MR) is 72.0 cm³/mol. The fourth-order valence-electron chi connectivity index (χ4n) is 1.77. The first-order valence-electron chi connectivity index (χ1n) is 5.49. The van der Waals surface area contributed by atoms with Crippen molar-refractivity contribution in [3.8, 4) is 11.5 Å². The molecule has 0 aliphatic heterocycles. The van der Waals surface area contributed by atoms with Crippen LogP contribution in [0.4, 0.5) is 10.1 Å². The lowest BCUT2D eigenvalue weighted by molar-refractivity contribution is 0.482. The van der Waals surface area contributed by atoms with E-state index >= 15 is 0 Å². The fourth-order valence-corrected chi connectivity index (χ4v) is 1.97. The summed E-state index contributed by atoms with van der Waals surface area (Å²) in [5, 5.41) is 0.922. The Hall–Kier alpha value is -2.27. The van der Waals surface area contributed by atoms with E-state index in [0.717, 1.165) is 5.39 Å². The number of halogens is 2. The molecule has 0 spiro atoms. The number of pyridine rings is 1. The molecule has 2 heterocycles. The quantitative estimate of drug-likeness (QED) is 0.702. The van der Waals surface area contributed by atoms with E-state index in [1.54, 1.807) is 18.5 Å². The summed E-state index contributed by atoms with van der Waals surface area (Å²) in [6.45, 7) is 0. The number of anilines is 1. The van der Waals surface area contributed by atoms with Crippen molar-refractivity contribution >= 4 is 28.3 Å². The molecule has 3 aromatic rings. The average Bonchev–Trinajstić information content (AvgIpc) is 2.85. The summed E-state index contributed by atoms with van der Waals surface area (Å²) in [6, 6.07) is 6.18. The van der Waals surface area contributed by atoms with Crippen LogP contribution in [0.3, 0.4) is 0 Å². The second-order valence-corrected chi connectivity index (χ2v) is 4.36. The maximum absolute atomic E-state index is 13.5. The minimum Gasteiger partial charge on any atom is -0.456 e. The number of rotatable bonds is 2. The van der Waals surface area contributed by atoms with Gasteiger partial charge < -0.3 is 15.5 Å². The van der Waals surface area contributed by atoms with Crippen LogP contribution >= 0.6 is 11.6 Å². The maximum atomic E-state index is 13.5. The minimum absolute atomic E-state index is 0.0875. The van der Waals surface area contributed by atoms with Crippen LogP contribution in [0.2, 0.25) is 5.02 Å². The lowest BCUT2D eigenvalue weighted by atomic mass is 10.3. The highest BCUT2D eigenvalue weighted by Gasteiger charge is 2.10. The Morgan fingerprint density at radius 3 is 2.95 bits per heavy atom. The van der Waals surface area contributed by atoms with E-state index in [4.69, 9.17) is 22.1 Å². The lowest BCUT2D eigenvalue weighted by Crippen LogP contribution is -1.94. The minimum atomic E-state index is -0.609. The second kappa shape index (κ2) is 4.44. The number of aromatic amines is 1. The molecule has 0 amide bonds. The third kappa shape index (κ3) is 2.08. The first-order chi connectivity index (χ1) is 9.15. The summed E-state index contributed by atoms with van der Waals surface area (Å²) in [5.74, 6) is 0.235. The van der Waals surface area contributed by atoms with Gasteiger partial charge in [-0.3, -0.25) is 0 Å². The maximum Gasteiger partial charge on any atom is 0.151 e. The average molecular weight is 278 g/mol. The number of nitrogens with zero attached hydrogens (tertiary/aromatic N) is 1. The summed E-state index contributed by atoms with van der Waals surface area (Å²) in [6.07, 6.45) is 3.35. The van der Waals surface area contributed by atoms with E-state index in [1.165, 1.54) is 12.1 Å². The van der Waals surface area contributed by atoms with Gasteiger partial charge in [-0.25, -0.2) is 9.37 Å². The topological polar surface area (TPSA) is 63.9 Å². The second-order valence-electron chi connectivity index (χ2n) is 3.95. The van der Waals surface area contributed by atoms with Crippen LogP contribution in [0.25, 0.3) is 11.0 Å². The molecular weight excluding hydrogens is 269 g/mol. The Labute approximate surface area is 113 Å². The normalized spacial score (nSPS) is 10.8. The molecule has 0 unspecified atom stereocenters. The van der Waals surface area contributed by atoms with Gasteiger partial charge in [-0.15, -0.1) is 0 Å². The Kier molecular flexibility index (Phi) is 2.76. The molecule has 6 heteroatoms. The standard InChI is InChI=1S/C13H9ClFN3O/c14-9-5-7(6-10(15)12(9)16)19-11-2-4-18-13-8(11)1-3-17-13/h1-6H,16H2,(H,17,18). The smallest absolute Gasteiger partial charge is 0.151 e. The molecule has 4 nitrogen and oxygen atoms in total. The molecule has 3 N–H and O–H groups in total. The molecule has 0 aliphatic carbocycles. The van der Waals surface area contributed by atoms with Crippen molar-refractivity contribution in [2.75, 3.05) is 5.73 Å². The number of H-pyrrole nitrogens is 1. The van der Waals surface area contributed by atoms with E-state index in [1.807, 2.05) is 6.07 Å². The van der Waals surface area contributed by atoms with Crippen LogP contribution in [-0.4, -0.2) is 9.97 Å². The molecule has 0 saturated heterocycles. The van der Waals surface area contributed by atoms with Gasteiger partial charge in [0.15, 0.2) is 5.82 Å². The van der Waals surface area contributed by atoms with Gasteiger partial charge in [0.05, 0.1) is 16.1 Å². The Bertz CT molecular complexity index is 733. The molecule has 0 radical (unpaired) electrons. The molecule has 1 aromatic carbocycles. The summed E-state index contributed by atoms with van der Waals surface area (Å²) in [7, 11) is 0. The first kappa shape index (κ1) is 11.8. The van der Waals surface area contributed by atoms with Crippen LogP contribution in [-0.2, 0) is 0 Å². The fraction of sp³-hybridized carbons (Fsp3) is 0. The monoisotopic (exact) mass is 277 g/mol. The number of nitrogens with two attached hydrogens (primary N) is 1. The van der Waals surface area contributed by atoms with Crippen molar-refractivity contribution in [3.05, 3.63) is 47.5 Å². The van der Waals surface area contributed by atoms with E-state index in [9.17, 15) is 4.39 Å². The Morgan fingerprint density at radius 2 is 2.16 bits per heavy atom. The van der Waals surface area contributed by atoms with Crippen molar-refractivity contribution < 1.29 is 9.13 Å². The highest BCUT2D eigenvalue weighted by molar-refractivity contribution is 6.33. The van der Waals surface area contributed by atoms with Crippen molar-refractivity contribution in [2.24, 2.45) is 0 Å². The summed E-state index contributed by atoms with van der Waals surface area (Å²) >= 11 is 5.82. The number of hydrogen-bond donors (Lipinski definition) is 2. The summed E-state index contributed by atoms with van der Waals surface area (Å²) < 4.78 is 19.1. The molecule has 2 aromatic heterocycles. The number of aromatic nitrogens is 2. The van der Waals surface area contributed by atoms with Crippen molar-refractivity contribution in [2.45, 2.75) is 0 Å². The van der Waals surface area contributed by atoms with Gasteiger partial charge in [0, 0.05) is 24.5 Å². The van der Waals surface area contributed by atoms with E-state index < -0.39 is 5.82 Å². The van der Waals surface area contributed by atoms with E-state index in [-0.39, 0.29) is 16.5 Å². The van der Waals surface area contributed by atoms with Gasteiger partial charge in [0.1, 0.15) is 17.1 Å². The summed E-state index contributed by atoms with van der Waals surface area (Å²) in [4.78, 5) is 7.10. The number of fused-ring (bicyclic) bond motifs is 1. The van der Waals surface area contributed by atoms with Gasteiger partial charge in [-0.2, -0.15) is 0 Å². The molecule has 0 aliphatic rings. The summed E-state index contributed by atoms with van der Waals surface area (Å²) in [5.41, 5.74) is 6.05. The van der Waals surface area contributed by atoms with E-state index in [0.29, 0.717) is 11.4 Å². The number of hydrogen-bond acceptors (Lipinski definition) is 3. The largest absolute Gasteiger partial charge is 0.456 e. The number of benzene rings is 1. The number of nitrogens with one attached hydrogen (secondary N) is 1. The van der Waals surface area contributed by atoms with Crippen LogP contribution in [0.5, 0.6) is 11.5 Å². The third-order valence-corrected chi connectivity index (χ3v) is 3.01. The zero-order chi connectivity index (χ0) is 13.4. The Balaban J connectivity index is 2.04. The van der Waals surface area contributed by atoms with Crippen LogP contribution < -0.4 is 10.5 Å². The van der Waals surface area contributed by atoms with Crippen LogP contribution in [0.1, 0.15) is 0 Å². The van der Waals surface area contributed by atoms with Crippen LogP contribution in [0, 0.1) is 5.82 Å². The molecular formula is C13H9ClFN3O. The molecule has 0 saturated carbocycles. The molecule has 0 atom stereocenters. The molecule has 3 rings (SSSR count). The van der Waals surface area contributed by atoms with Crippen molar-refractivity contribution in [1.29, 1.82) is 0 Å². The van der Waals surface area contributed by atoms with Crippen molar-refractivity contribution in [1.82, 2.24) is 9.97 Å². The SMILES string of the molecule is Nc1c(F)cc(Oc2ccnc3[nH]ccc23)cc1Cl. The molecule has 0 bridgehead atoms. The zero-order valence-corrected chi connectivity index (χ0v) is 10.4. The number of ether oxygens (including phenoxy) is 1. The van der Waals surface area contributed by atoms with Gasteiger partial charge >= 0.3 is 0 Å². The van der Waals surface area contributed by atoms with Gasteiger partial charge in [-0.1, -0.05) is 11.6 Å². The Morgan fingerprint density at radius 1 is 1.32 bits per heavy atom. The van der Waals surface area contributed by atoms with Crippen LogP contribution in [0.15, 0.2) is 36.7 Å².